The fourth-order valence-corrected chi connectivity index (χ4v) is 3.50. The topological polar surface area (TPSA) is 78.1 Å². The Morgan fingerprint density at radius 3 is 2.34 bits per heavy atom. The van der Waals surface area contributed by atoms with Crippen molar-refractivity contribution in [2.24, 2.45) is 0 Å². The number of rotatable bonds is 5. The first-order valence-corrected chi connectivity index (χ1v) is 9.69. The van der Waals surface area contributed by atoms with Crippen LogP contribution >= 0.6 is 0 Å². The fraction of sp³-hybridized carbons (Fsp3) is 0.182. The second-order valence-electron chi connectivity index (χ2n) is 6.96. The van der Waals surface area contributed by atoms with Gasteiger partial charge in [0.1, 0.15) is 18.0 Å². The molecule has 3 heterocycles. The highest BCUT2D eigenvalue weighted by Gasteiger charge is 2.11. The summed E-state index contributed by atoms with van der Waals surface area (Å²) in [5, 5.41) is 7.84. The molecule has 0 radical (unpaired) electrons. The molecule has 29 heavy (non-hydrogen) atoms. The lowest BCUT2D eigenvalue weighted by Crippen LogP contribution is -2.36. The number of hydrogen-bond acceptors (Lipinski definition) is 6. The average Bonchev–Trinajstić information content (AvgIpc) is 3.23. The van der Waals surface area contributed by atoms with Crippen molar-refractivity contribution in [1.82, 2.24) is 15.0 Å². The molecule has 0 spiro atoms. The number of ether oxygens (including phenoxy) is 1. The summed E-state index contributed by atoms with van der Waals surface area (Å²) in [6.45, 7) is 3.44. The molecule has 3 N–H and O–H groups in total. The SMILES string of the molecule is c1nc(Nc2ccc(N3CCOCC3)cc2)cc(Nc2ccc3[nH]ccc3c2)n1. The van der Waals surface area contributed by atoms with Crippen molar-refractivity contribution in [3.63, 3.8) is 0 Å². The van der Waals surface area contributed by atoms with Gasteiger partial charge in [-0.2, -0.15) is 0 Å². The standard InChI is InChI=1S/C22H22N6O/c1-4-19(28-9-11-29-12-10-28)5-2-17(1)26-21-14-22(25-15-24-21)27-18-3-6-20-16(13-18)7-8-23-20/h1-8,13-15,23H,9-12H2,(H2,24,25,26,27). The number of anilines is 5. The van der Waals surface area contributed by atoms with Crippen molar-refractivity contribution in [2.75, 3.05) is 41.8 Å². The Labute approximate surface area is 168 Å². The van der Waals surface area contributed by atoms with E-state index in [9.17, 15) is 0 Å². The molecule has 0 unspecified atom stereocenters. The average molecular weight is 386 g/mol. The molecule has 0 saturated carbocycles. The highest BCUT2D eigenvalue weighted by atomic mass is 16.5. The number of aromatic amines is 1. The van der Waals surface area contributed by atoms with Gasteiger partial charge in [0.2, 0.25) is 0 Å². The molecule has 2 aromatic heterocycles. The summed E-state index contributed by atoms with van der Waals surface area (Å²) in [6, 6.07) is 18.5. The highest BCUT2D eigenvalue weighted by molar-refractivity contribution is 5.83. The van der Waals surface area contributed by atoms with Crippen molar-refractivity contribution in [1.29, 1.82) is 0 Å². The summed E-state index contributed by atoms with van der Waals surface area (Å²) in [5.74, 6) is 1.48. The lowest BCUT2D eigenvalue weighted by molar-refractivity contribution is 0.122. The van der Waals surface area contributed by atoms with E-state index in [-0.39, 0.29) is 0 Å². The Morgan fingerprint density at radius 2 is 1.55 bits per heavy atom. The summed E-state index contributed by atoms with van der Waals surface area (Å²) in [7, 11) is 0. The number of hydrogen-bond donors (Lipinski definition) is 3. The predicted octanol–water partition coefficient (Wildman–Crippen LogP) is 4.28. The van der Waals surface area contributed by atoms with Gasteiger partial charge >= 0.3 is 0 Å². The Kier molecular flexibility index (Phi) is 4.72. The smallest absolute Gasteiger partial charge is 0.135 e. The van der Waals surface area contributed by atoms with Crippen molar-refractivity contribution in [3.8, 4) is 0 Å². The van der Waals surface area contributed by atoms with Crippen molar-refractivity contribution in [3.05, 3.63) is 67.1 Å². The molecule has 5 rings (SSSR count). The predicted molar refractivity (Wildman–Crippen MR) is 116 cm³/mol. The third-order valence-electron chi connectivity index (χ3n) is 5.01. The van der Waals surface area contributed by atoms with Crippen molar-refractivity contribution >= 4 is 39.6 Å². The zero-order valence-corrected chi connectivity index (χ0v) is 15.9. The minimum absolute atomic E-state index is 0.738. The van der Waals surface area contributed by atoms with E-state index in [1.54, 1.807) is 6.33 Å². The van der Waals surface area contributed by atoms with Crippen LogP contribution in [0.1, 0.15) is 0 Å². The third-order valence-corrected chi connectivity index (χ3v) is 5.01. The molecule has 2 aromatic carbocycles. The molecule has 7 heteroatoms. The molecule has 0 amide bonds. The van der Waals surface area contributed by atoms with E-state index in [1.807, 2.05) is 30.5 Å². The molecule has 0 atom stereocenters. The van der Waals surface area contributed by atoms with Crippen molar-refractivity contribution in [2.45, 2.75) is 0 Å². The summed E-state index contributed by atoms with van der Waals surface area (Å²) < 4.78 is 5.42. The molecule has 7 nitrogen and oxygen atoms in total. The van der Waals surface area contributed by atoms with E-state index in [2.05, 4.69) is 60.8 Å². The first kappa shape index (κ1) is 17.5. The number of nitrogens with zero attached hydrogens (tertiary/aromatic N) is 3. The largest absolute Gasteiger partial charge is 0.378 e. The third kappa shape index (κ3) is 4.00. The Balaban J connectivity index is 1.28. The van der Waals surface area contributed by atoms with Gasteiger partial charge in [0.25, 0.3) is 0 Å². The summed E-state index contributed by atoms with van der Waals surface area (Å²) >= 11 is 0. The van der Waals surface area contributed by atoms with Crippen LogP contribution < -0.4 is 15.5 Å². The minimum Gasteiger partial charge on any atom is -0.378 e. The van der Waals surface area contributed by atoms with Gasteiger partial charge in [-0.3, -0.25) is 0 Å². The van der Waals surface area contributed by atoms with E-state index in [0.717, 1.165) is 60.2 Å². The summed E-state index contributed by atoms with van der Waals surface area (Å²) in [6.07, 6.45) is 3.49. The lowest BCUT2D eigenvalue weighted by Gasteiger charge is -2.28. The normalized spacial score (nSPS) is 14.1. The van der Waals surface area contributed by atoms with E-state index in [4.69, 9.17) is 4.74 Å². The van der Waals surface area contributed by atoms with Gasteiger partial charge in [0.05, 0.1) is 13.2 Å². The van der Waals surface area contributed by atoms with Crippen molar-refractivity contribution < 1.29 is 4.74 Å². The minimum atomic E-state index is 0.738. The van der Waals surface area contributed by atoms with Crippen LogP contribution in [0.3, 0.4) is 0 Å². The number of benzene rings is 2. The molecule has 1 saturated heterocycles. The van der Waals surface area contributed by atoms with Crippen LogP contribution in [0.15, 0.2) is 67.1 Å². The molecule has 1 aliphatic heterocycles. The van der Waals surface area contributed by atoms with Crippen LogP contribution in [0.2, 0.25) is 0 Å². The van der Waals surface area contributed by atoms with Crippen LogP contribution in [0, 0.1) is 0 Å². The number of morpholine rings is 1. The monoisotopic (exact) mass is 386 g/mol. The Morgan fingerprint density at radius 1 is 0.828 bits per heavy atom. The molecular weight excluding hydrogens is 364 g/mol. The van der Waals surface area contributed by atoms with Gasteiger partial charge < -0.3 is 25.3 Å². The van der Waals surface area contributed by atoms with Gasteiger partial charge in [-0.05, 0) is 48.5 Å². The maximum atomic E-state index is 5.42. The zero-order chi connectivity index (χ0) is 19.5. The van der Waals surface area contributed by atoms with Crippen LogP contribution in [-0.2, 0) is 4.74 Å². The van der Waals surface area contributed by atoms with E-state index < -0.39 is 0 Å². The molecule has 146 valence electrons. The molecule has 4 aromatic rings. The number of H-pyrrole nitrogens is 1. The van der Waals surface area contributed by atoms with E-state index in [0.29, 0.717) is 0 Å². The van der Waals surface area contributed by atoms with Crippen LogP contribution in [0.4, 0.5) is 28.7 Å². The Bertz CT molecular complexity index is 1100. The van der Waals surface area contributed by atoms with Gasteiger partial charge in [-0.1, -0.05) is 0 Å². The fourth-order valence-electron chi connectivity index (χ4n) is 3.50. The molecule has 1 fully saturated rings. The molecule has 0 bridgehead atoms. The number of aromatic nitrogens is 3. The van der Waals surface area contributed by atoms with Crippen LogP contribution in [0.25, 0.3) is 10.9 Å². The van der Waals surface area contributed by atoms with Crippen LogP contribution in [-0.4, -0.2) is 41.3 Å². The van der Waals surface area contributed by atoms with Gasteiger partial charge in [0.15, 0.2) is 0 Å². The second kappa shape index (κ2) is 7.81. The maximum Gasteiger partial charge on any atom is 0.135 e. The van der Waals surface area contributed by atoms with E-state index in [1.165, 1.54) is 5.69 Å². The number of nitrogens with one attached hydrogen (secondary N) is 3. The summed E-state index contributed by atoms with van der Waals surface area (Å²) in [5.41, 5.74) is 4.29. The molecular formula is C22H22N6O. The second-order valence-corrected chi connectivity index (χ2v) is 6.96. The first-order valence-electron chi connectivity index (χ1n) is 9.69. The Hall–Kier alpha value is -3.58. The van der Waals surface area contributed by atoms with Gasteiger partial charge in [-0.25, -0.2) is 9.97 Å². The quantitative estimate of drug-likeness (QED) is 0.475. The van der Waals surface area contributed by atoms with Crippen LogP contribution in [0.5, 0.6) is 0 Å². The highest BCUT2D eigenvalue weighted by Crippen LogP contribution is 2.24. The van der Waals surface area contributed by atoms with Gasteiger partial charge in [-0.15, -0.1) is 0 Å². The zero-order valence-electron chi connectivity index (χ0n) is 15.9. The summed E-state index contributed by atoms with van der Waals surface area (Å²) in [4.78, 5) is 14.2. The van der Waals surface area contributed by atoms with Gasteiger partial charge in [0, 0.05) is 53.3 Å². The lowest BCUT2D eigenvalue weighted by atomic mass is 10.2. The molecule has 0 aliphatic carbocycles. The maximum absolute atomic E-state index is 5.42. The molecule has 1 aliphatic rings. The van der Waals surface area contributed by atoms with E-state index >= 15 is 0 Å². The first-order chi connectivity index (χ1) is 14.3. The number of fused-ring (bicyclic) bond motifs is 1.